The Labute approximate surface area is 233 Å². The van der Waals surface area contributed by atoms with Gasteiger partial charge in [0.1, 0.15) is 6.54 Å². The highest BCUT2D eigenvalue weighted by molar-refractivity contribution is 8.18. The van der Waals surface area contributed by atoms with Crippen LogP contribution in [0, 0.1) is 10.1 Å². The summed E-state index contributed by atoms with van der Waals surface area (Å²) in [7, 11) is 0. The Kier molecular flexibility index (Phi) is 6.69. The van der Waals surface area contributed by atoms with Gasteiger partial charge in [0.05, 0.1) is 9.83 Å². The van der Waals surface area contributed by atoms with E-state index in [1.807, 2.05) is 59.3 Å². The first-order valence-electron chi connectivity index (χ1n) is 12.8. The van der Waals surface area contributed by atoms with Gasteiger partial charge in [-0.3, -0.25) is 29.4 Å². The lowest BCUT2D eigenvalue weighted by Gasteiger charge is -2.29. The van der Waals surface area contributed by atoms with Crippen LogP contribution in [-0.2, 0) is 29.1 Å². The summed E-state index contributed by atoms with van der Waals surface area (Å²) in [6.07, 6.45) is 4.29. The quantitative estimate of drug-likeness (QED) is 0.185. The zero-order chi connectivity index (χ0) is 27.8. The number of nitrogens with zero attached hydrogens (tertiary/aromatic N) is 4. The Hall–Kier alpha value is -4.70. The van der Waals surface area contributed by atoms with E-state index in [2.05, 4.69) is 6.07 Å². The zero-order valence-electron chi connectivity index (χ0n) is 21.4. The number of rotatable bonds is 6. The molecule has 0 unspecified atom stereocenters. The fourth-order valence-corrected chi connectivity index (χ4v) is 6.04. The first kappa shape index (κ1) is 25.6. The smallest absolute Gasteiger partial charge is 0.294 e. The third-order valence-electron chi connectivity index (χ3n) is 7.23. The average molecular weight is 553 g/mol. The Balaban J connectivity index is 1.22. The summed E-state index contributed by atoms with van der Waals surface area (Å²) in [6, 6.07) is 22.1. The molecule has 1 saturated heterocycles. The Morgan fingerprint density at radius 1 is 1.00 bits per heavy atom. The number of non-ortho nitro benzene ring substituents is 1. The van der Waals surface area contributed by atoms with Crippen molar-refractivity contribution in [3.63, 3.8) is 0 Å². The van der Waals surface area contributed by atoms with Gasteiger partial charge in [-0.05, 0) is 47.0 Å². The van der Waals surface area contributed by atoms with Crippen LogP contribution in [-0.4, -0.2) is 49.4 Å². The van der Waals surface area contributed by atoms with Gasteiger partial charge < -0.3 is 9.47 Å². The first-order valence-corrected chi connectivity index (χ1v) is 13.6. The number of para-hydroxylation sites is 1. The van der Waals surface area contributed by atoms with E-state index in [0.29, 0.717) is 19.6 Å². The molecule has 0 atom stereocenters. The molecule has 0 bridgehead atoms. The average Bonchev–Trinajstić information content (AvgIpc) is 3.44. The molecule has 6 rings (SSSR count). The summed E-state index contributed by atoms with van der Waals surface area (Å²) in [5, 5.41) is 11.6. The summed E-state index contributed by atoms with van der Waals surface area (Å²) in [6.45, 7) is 1.11. The molecule has 2 aliphatic heterocycles. The minimum atomic E-state index is -0.490. The highest BCUT2D eigenvalue weighted by Gasteiger charge is 2.37. The van der Waals surface area contributed by atoms with E-state index in [9.17, 15) is 24.5 Å². The molecule has 0 saturated carbocycles. The molecule has 0 radical (unpaired) electrons. The molecular formula is C30H24N4O5S. The lowest BCUT2D eigenvalue weighted by atomic mass is 10.00. The molecule has 9 nitrogen and oxygen atoms in total. The Morgan fingerprint density at radius 3 is 2.60 bits per heavy atom. The van der Waals surface area contributed by atoms with Crippen molar-refractivity contribution in [3.05, 3.63) is 116 Å². The van der Waals surface area contributed by atoms with E-state index >= 15 is 0 Å². The first-order chi connectivity index (χ1) is 19.4. The van der Waals surface area contributed by atoms with E-state index in [0.717, 1.165) is 50.7 Å². The molecule has 4 aromatic rings. The molecule has 3 amide bonds. The number of hydrogen-bond acceptors (Lipinski definition) is 6. The Morgan fingerprint density at radius 2 is 1.77 bits per heavy atom. The van der Waals surface area contributed by atoms with Gasteiger partial charge in [-0.25, -0.2) is 0 Å². The van der Waals surface area contributed by atoms with E-state index in [-0.39, 0.29) is 23.0 Å². The summed E-state index contributed by atoms with van der Waals surface area (Å²) in [5.74, 6) is -0.747. The number of amides is 3. The third-order valence-corrected chi connectivity index (χ3v) is 8.14. The molecular weight excluding hydrogens is 528 g/mol. The third kappa shape index (κ3) is 4.89. The van der Waals surface area contributed by atoms with Crippen molar-refractivity contribution in [2.75, 3.05) is 13.1 Å². The lowest BCUT2D eigenvalue weighted by Crippen LogP contribution is -2.44. The highest BCUT2D eigenvalue weighted by Crippen LogP contribution is 2.34. The summed E-state index contributed by atoms with van der Waals surface area (Å²) < 4.78 is 1.96. The van der Waals surface area contributed by atoms with Crippen LogP contribution in [0.3, 0.4) is 0 Å². The van der Waals surface area contributed by atoms with Crippen LogP contribution < -0.4 is 0 Å². The maximum Gasteiger partial charge on any atom is 0.294 e. The molecule has 3 heterocycles. The number of nitro benzene ring substituents is 1. The molecule has 0 spiro atoms. The monoisotopic (exact) mass is 552 g/mol. The maximum atomic E-state index is 13.2. The van der Waals surface area contributed by atoms with Gasteiger partial charge in [0, 0.05) is 54.4 Å². The van der Waals surface area contributed by atoms with Gasteiger partial charge in [0.2, 0.25) is 5.91 Å². The fourth-order valence-electron chi connectivity index (χ4n) is 5.21. The second-order valence-electron chi connectivity index (χ2n) is 9.76. The van der Waals surface area contributed by atoms with Crippen LogP contribution in [0.15, 0.2) is 83.9 Å². The predicted octanol–water partition coefficient (Wildman–Crippen LogP) is 5.22. The normalized spacial score (nSPS) is 16.1. The van der Waals surface area contributed by atoms with Gasteiger partial charge >= 0.3 is 0 Å². The van der Waals surface area contributed by atoms with Crippen LogP contribution in [0.5, 0.6) is 0 Å². The van der Waals surface area contributed by atoms with Gasteiger partial charge in [0.25, 0.3) is 16.8 Å². The van der Waals surface area contributed by atoms with Crippen LogP contribution in [0.1, 0.15) is 22.3 Å². The van der Waals surface area contributed by atoms with Crippen molar-refractivity contribution in [1.82, 2.24) is 14.4 Å². The standard InChI is InChI=1S/C30H24N4O5S/c35-28(31-13-12-21-7-1-2-8-22(21)17-31)19-33-29(36)27(40-30(33)37)15-23-18-32(26-11-4-3-10-25(23)26)16-20-6-5-9-24(14-20)34(38)39/h1-11,14-15,18H,12-13,16-17,19H2/b27-15-. The molecule has 1 aromatic heterocycles. The maximum absolute atomic E-state index is 13.2. The SMILES string of the molecule is O=C(CN1C(=O)S/C(=C\c2cn(Cc3cccc([N+](=O)[O-])c3)c3ccccc23)C1=O)N1CCc2ccccc2C1. The molecule has 2 aliphatic rings. The molecule has 40 heavy (non-hydrogen) atoms. The number of carbonyl (C=O) groups excluding carboxylic acids is 3. The van der Waals surface area contributed by atoms with Gasteiger partial charge in [-0.1, -0.05) is 54.6 Å². The molecule has 0 aliphatic carbocycles. The second kappa shape index (κ2) is 10.5. The van der Waals surface area contributed by atoms with E-state index < -0.39 is 16.1 Å². The van der Waals surface area contributed by atoms with Crippen LogP contribution >= 0.6 is 11.8 Å². The van der Waals surface area contributed by atoms with Crippen molar-refractivity contribution in [1.29, 1.82) is 0 Å². The lowest BCUT2D eigenvalue weighted by molar-refractivity contribution is -0.384. The molecule has 10 heteroatoms. The molecule has 3 aromatic carbocycles. The molecule has 0 N–H and O–H groups in total. The second-order valence-corrected chi connectivity index (χ2v) is 10.8. The number of benzene rings is 3. The highest BCUT2D eigenvalue weighted by atomic mass is 32.2. The number of imide groups is 1. The summed E-state index contributed by atoms with van der Waals surface area (Å²) in [4.78, 5) is 52.8. The minimum absolute atomic E-state index is 0.0196. The van der Waals surface area contributed by atoms with E-state index in [1.54, 1.807) is 17.0 Å². The summed E-state index contributed by atoms with van der Waals surface area (Å²) in [5.41, 5.74) is 4.71. The molecule has 1 fully saturated rings. The number of hydrogen-bond donors (Lipinski definition) is 0. The van der Waals surface area contributed by atoms with Crippen molar-refractivity contribution < 1.29 is 19.3 Å². The van der Waals surface area contributed by atoms with Crippen molar-refractivity contribution in [3.8, 4) is 0 Å². The number of nitro groups is 1. The van der Waals surface area contributed by atoms with E-state index in [1.165, 1.54) is 17.7 Å². The number of thioether (sulfide) groups is 1. The van der Waals surface area contributed by atoms with Gasteiger partial charge in [-0.2, -0.15) is 0 Å². The van der Waals surface area contributed by atoms with Gasteiger partial charge in [0.15, 0.2) is 0 Å². The summed E-state index contributed by atoms with van der Waals surface area (Å²) >= 11 is 0.824. The molecule has 200 valence electrons. The Bertz CT molecular complexity index is 1730. The largest absolute Gasteiger partial charge is 0.342 e. The van der Waals surface area contributed by atoms with Crippen LogP contribution in [0.4, 0.5) is 10.5 Å². The topological polar surface area (TPSA) is 106 Å². The minimum Gasteiger partial charge on any atom is -0.342 e. The van der Waals surface area contributed by atoms with E-state index in [4.69, 9.17) is 0 Å². The number of aromatic nitrogens is 1. The number of fused-ring (bicyclic) bond motifs is 2. The van der Waals surface area contributed by atoms with Crippen molar-refractivity contribution >= 4 is 51.5 Å². The predicted molar refractivity (Wildman–Crippen MR) is 152 cm³/mol. The zero-order valence-corrected chi connectivity index (χ0v) is 22.2. The van der Waals surface area contributed by atoms with Crippen LogP contribution in [0.2, 0.25) is 0 Å². The van der Waals surface area contributed by atoms with Crippen molar-refractivity contribution in [2.24, 2.45) is 0 Å². The van der Waals surface area contributed by atoms with Crippen molar-refractivity contribution in [2.45, 2.75) is 19.5 Å². The fraction of sp³-hybridized carbons (Fsp3) is 0.167. The number of carbonyl (C=O) groups is 3. The van der Waals surface area contributed by atoms with Crippen LogP contribution in [0.25, 0.3) is 17.0 Å². The van der Waals surface area contributed by atoms with Gasteiger partial charge in [-0.15, -0.1) is 0 Å².